The molecule has 1 amide bonds. The van der Waals surface area contributed by atoms with E-state index in [0.29, 0.717) is 18.5 Å². The van der Waals surface area contributed by atoms with Gasteiger partial charge >= 0.3 is 0 Å². The zero-order chi connectivity index (χ0) is 17.6. The van der Waals surface area contributed by atoms with E-state index in [4.69, 9.17) is 15.2 Å². The number of ether oxygens (including phenoxy) is 2. The standard InChI is InChI=1S/C20H22N2O3/c1-20(2)11-15(14-10-13(21)7-8-17(14)25-20)22-19(23)18-9-12-5-3-4-6-16(12)24-18/h3-8,10,15,18H,9,11,21H2,1-2H3,(H,22,23). The van der Waals surface area contributed by atoms with Crippen molar-refractivity contribution < 1.29 is 14.3 Å². The lowest BCUT2D eigenvalue weighted by molar-refractivity contribution is -0.128. The van der Waals surface area contributed by atoms with Crippen LogP contribution in [-0.4, -0.2) is 17.6 Å². The average Bonchev–Trinajstić information content (AvgIpc) is 2.99. The predicted octanol–water partition coefficient (Wildman–Crippen LogP) is 2.99. The predicted molar refractivity (Wildman–Crippen MR) is 95.6 cm³/mol. The zero-order valence-corrected chi connectivity index (χ0v) is 14.4. The van der Waals surface area contributed by atoms with Crippen LogP contribution >= 0.6 is 0 Å². The molecule has 3 N–H and O–H groups in total. The van der Waals surface area contributed by atoms with E-state index in [-0.39, 0.29) is 17.6 Å². The Morgan fingerprint density at radius 1 is 1.20 bits per heavy atom. The zero-order valence-electron chi connectivity index (χ0n) is 14.4. The maximum atomic E-state index is 12.8. The highest BCUT2D eigenvalue weighted by Crippen LogP contribution is 2.40. The Kier molecular flexibility index (Phi) is 3.60. The Bertz CT molecular complexity index is 806. The molecule has 0 saturated carbocycles. The molecule has 0 aliphatic carbocycles. The maximum Gasteiger partial charge on any atom is 0.261 e. The van der Waals surface area contributed by atoms with Crippen molar-refractivity contribution in [3.05, 3.63) is 53.6 Å². The molecule has 2 aliphatic heterocycles. The van der Waals surface area contributed by atoms with E-state index >= 15 is 0 Å². The van der Waals surface area contributed by atoms with Crippen molar-refractivity contribution in [1.29, 1.82) is 0 Å². The van der Waals surface area contributed by atoms with Crippen molar-refractivity contribution in [3.63, 3.8) is 0 Å². The minimum atomic E-state index is -0.493. The Hall–Kier alpha value is -2.69. The smallest absolute Gasteiger partial charge is 0.261 e. The number of nitrogens with two attached hydrogens (primary N) is 1. The van der Waals surface area contributed by atoms with Crippen molar-refractivity contribution in [2.45, 2.75) is 44.4 Å². The Morgan fingerprint density at radius 2 is 2.00 bits per heavy atom. The molecule has 0 spiro atoms. The number of amides is 1. The largest absolute Gasteiger partial charge is 0.487 e. The SMILES string of the molecule is CC1(C)CC(NC(=O)C2Cc3ccccc3O2)c2cc(N)ccc2O1. The second-order valence-electron chi connectivity index (χ2n) is 7.34. The summed E-state index contributed by atoms with van der Waals surface area (Å²) in [5.41, 5.74) is 8.22. The third-order valence-electron chi connectivity index (χ3n) is 4.75. The fourth-order valence-corrected chi connectivity index (χ4v) is 3.59. The van der Waals surface area contributed by atoms with Crippen LogP contribution in [0, 0.1) is 0 Å². The molecule has 5 nitrogen and oxygen atoms in total. The molecule has 0 fully saturated rings. The van der Waals surface area contributed by atoms with E-state index in [2.05, 4.69) is 5.32 Å². The second kappa shape index (κ2) is 5.69. The van der Waals surface area contributed by atoms with Gasteiger partial charge in [-0.3, -0.25) is 4.79 Å². The van der Waals surface area contributed by atoms with Crippen molar-refractivity contribution in [2.24, 2.45) is 0 Å². The normalized spacial score (nSPS) is 23.0. The molecular weight excluding hydrogens is 316 g/mol. The molecular formula is C20H22N2O3. The van der Waals surface area contributed by atoms with Crippen LogP contribution in [0.1, 0.15) is 37.4 Å². The van der Waals surface area contributed by atoms with Crippen LogP contribution in [0.2, 0.25) is 0 Å². The quantitative estimate of drug-likeness (QED) is 0.826. The fraction of sp³-hybridized carbons (Fsp3) is 0.350. The van der Waals surface area contributed by atoms with E-state index in [1.165, 1.54) is 0 Å². The molecule has 2 unspecified atom stereocenters. The molecule has 0 radical (unpaired) electrons. The summed E-state index contributed by atoms with van der Waals surface area (Å²) in [7, 11) is 0. The van der Waals surface area contributed by atoms with Gasteiger partial charge in [0.1, 0.15) is 17.1 Å². The summed E-state index contributed by atoms with van der Waals surface area (Å²) in [6.45, 7) is 4.04. The lowest BCUT2D eigenvalue weighted by Gasteiger charge is -2.38. The summed E-state index contributed by atoms with van der Waals surface area (Å²) < 4.78 is 11.8. The van der Waals surface area contributed by atoms with Crippen molar-refractivity contribution in [3.8, 4) is 11.5 Å². The molecule has 25 heavy (non-hydrogen) atoms. The summed E-state index contributed by atoms with van der Waals surface area (Å²) in [5.74, 6) is 1.46. The number of nitrogens with one attached hydrogen (secondary N) is 1. The van der Waals surface area contributed by atoms with Gasteiger partial charge in [0, 0.05) is 24.1 Å². The van der Waals surface area contributed by atoms with Crippen LogP contribution in [-0.2, 0) is 11.2 Å². The molecule has 0 saturated heterocycles. The molecule has 2 aromatic rings. The third kappa shape index (κ3) is 3.02. The summed E-state index contributed by atoms with van der Waals surface area (Å²) in [4.78, 5) is 12.8. The Morgan fingerprint density at radius 3 is 2.80 bits per heavy atom. The summed E-state index contributed by atoms with van der Waals surface area (Å²) >= 11 is 0. The van der Waals surface area contributed by atoms with Crippen LogP contribution < -0.4 is 20.5 Å². The molecule has 5 heteroatoms. The van der Waals surface area contributed by atoms with Gasteiger partial charge in [0.05, 0.1) is 6.04 Å². The van der Waals surface area contributed by atoms with Gasteiger partial charge < -0.3 is 20.5 Å². The number of nitrogen functional groups attached to an aromatic ring is 1. The number of carbonyl (C=O) groups is 1. The monoisotopic (exact) mass is 338 g/mol. The van der Waals surface area contributed by atoms with Gasteiger partial charge in [0.25, 0.3) is 5.91 Å². The van der Waals surface area contributed by atoms with Gasteiger partial charge in [-0.25, -0.2) is 0 Å². The van der Waals surface area contributed by atoms with E-state index in [1.807, 2.05) is 56.3 Å². The molecule has 2 aliphatic rings. The topological polar surface area (TPSA) is 73.6 Å². The number of hydrogen-bond donors (Lipinski definition) is 2. The van der Waals surface area contributed by atoms with Crippen LogP contribution in [0.25, 0.3) is 0 Å². The lowest BCUT2D eigenvalue weighted by atomic mass is 9.89. The van der Waals surface area contributed by atoms with Gasteiger partial charge in [-0.2, -0.15) is 0 Å². The number of carbonyl (C=O) groups excluding carboxylic acids is 1. The highest BCUT2D eigenvalue weighted by Gasteiger charge is 2.37. The number of hydrogen-bond acceptors (Lipinski definition) is 4. The molecule has 130 valence electrons. The lowest BCUT2D eigenvalue weighted by Crippen LogP contribution is -2.45. The minimum Gasteiger partial charge on any atom is -0.487 e. The average molecular weight is 338 g/mol. The van der Waals surface area contributed by atoms with Gasteiger partial charge in [0.2, 0.25) is 0 Å². The number of anilines is 1. The Balaban J connectivity index is 1.55. The first-order valence-electron chi connectivity index (χ1n) is 8.55. The highest BCUT2D eigenvalue weighted by atomic mass is 16.5. The fourth-order valence-electron chi connectivity index (χ4n) is 3.59. The molecule has 2 aromatic carbocycles. The van der Waals surface area contributed by atoms with Crippen molar-refractivity contribution >= 4 is 11.6 Å². The van der Waals surface area contributed by atoms with Crippen molar-refractivity contribution in [2.75, 3.05) is 5.73 Å². The summed E-state index contributed by atoms with van der Waals surface area (Å²) in [6.07, 6.45) is 0.778. The number of rotatable bonds is 2. The summed E-state index contributed by atoms with van der Waals surface area (Å²) in [5, 5.41) is 3.14. The maximum absolute atomic E-state index is 12.8. The van der Waals surface area contributed by atoms with E-state index in [9.17, 15) is 4.79 Å². The van der Waals surface area contributed by atoms with Crippen LogP contribution in [0.5, 0.6) is 11.5 Å². The molecule has 2 heterocycles. The number of para-hydroxylation sites is 1. The second-order valence-corrected chi connectivity index (χ2v) is 7.34. The molecule has 0 bridgehead atoms. The molecule has 0 aromatic heterocycles. The first-order chi connectivity index (χ1) is 11.9. The first-order valence-corrected chi connectivity index (χ1v) is 8.55. The molecule has 4 rings (SSSR count). The summed E-state index contributed by atoms with van der Waals surface area (Å²) in [6, 6.07) is 13.2. The van der Waals surface area contributed by atoms with E-state index in [1.54, 1.807) is 0 Å². The van der Waals surface area contributed by atoms with Crippen molar-refractivity contribution in [1.82, 2.24) is 5.32 Å². The highest BCUT2D eigenvalue weighted by molar-refractivity contribution is 5.83. The third-order valence-corrected chi connectivity index (χ3v) is 4.75. The number of fused-ring (bicyclic) bond motifs is 2. The first kappa shape index (κ1) is 15.8. The Labute approximate surface area is 147 Å². The van der Waals surface area contributed by atoms with Gasteiger partial charge in [-0.05, 0) is 43.7 Å². The minimum absolute atomic E-state index is 0.104. The van der Waals surface area contributed by atoms with E-state index in [0.717, 1.165) is 22.6 Å². The molecule has 2 atom stereocenters. The van der Waals surface area contributed by atoms with E-state index < -0.39 is 6.10 Å². The van der Waals surface area contributed by atoms with Crippen LogP contribution in [0.15, 0.2) is 42.5 Å². The van der Waals surface area contributed by atoms with Gasteiger partial charge in [0.15, 0.2) is 6.10 Å². The van der Waals surface area contributed by atoms with Crippen LogP contribution in [0.3, 0.4) is 0 Å². The van der Waals surface area contributed by atoms with Crippen LogP contribution in [0.4, 0.5) is 5.69 Å². The van der Waals surface area contributed by atoms with Gasteiger partial charge in [-0.1, -0.05) is 18.2 Å². The number of benzene rings is 2. The van der Waals surface area contributed by atoms with Gasteiger partial charge in [-0.15, -0.1) is 0 Å².